The zero-order valence-corrected chi connectivity index (χ0v) is 33.7. The van der Waals surface area contributed by atoms with Crippen LogP contribution in [-0.2, 0) is 15.0 Å². The monoisotopic (exact) mass is 817 g/mol. The molecular weight excluding hydrogens is 767 g/mol. The van der Waals surface area contributed by atoms with Gasteiger partial charge < -0.3 is 43.4 Å². The molecule has 0 saturated heterocycles. The summed E-state index contributed by atoms with van der Waals surface area (Å²) in [5.41, 5.74) is 2.70. The van der Waals surface area contributed by atoms with Crippen LogP contribution in [0.3, 0.4) is 0 Å². The molecule has 0 aliphatic carbocycles. The predicted octanol–water partition coefficient (Wildman–Crippen LogP) is 4.94. The Morgan fingerprint density at radius 2 is 1.25 bits per heavy atom. The minimum atomic E-state index is -0.840. The average Bonchev–Trinajstić information content (AvgIpc) is 3.62. The van der Waals surface area contributed by atoms with Crippen molar-refractivity contribution in [2.75, 3.05) is 19.5 Å². The van der Waals surface area contributed by atoms with Gasteiger partial charge in [0.05, 0.1) is 14.2 Å². The fourth-order valence-electron chi connectivity index (χ4n) is 5.11. The van der Waals surface area contributed by atoms with E-state index in [0.717, 1.165) is 33.3 Å². The fourth-order valence-corrected chi connectivity index (χ4v) is 5.11. The van der Waals surface area contributed by atoms with Crippen LogP contribution in [0.1, 0.15) is 69.7 Å². The Morgan fingerprint density at radius 3 is 1.75 bits per heavy atom. The average molecular weight is 820 g/mol. The number of alkyl halides is 1. The standard InChI is InChI=1S/C18H16O3.C15H12O3.C3H5Br.2C2H6.CH4.CH3.BrH.Li/c1-3-11-18(13-7-5-4-6-8-13)15-12-14(20-2)9-10-16(15)21-17(18)19;1-17-11-7-8-13-12(9-11)14(15(16)18-13)10-5-3-2-4-6-10;1-2-3-4;2*1-2;;;;/h3-10,12H,1,11H2,2H3;2-9,14H,1H3;2H,1,3H2;2*1-2H3;1H4;1H3;1H;/q;;;;;;-1;;+1/p-1. The van der Waals surface area contributed by atoms with Crippen molar-refractivity contribution in [2.24, 2.45) is 0 Å². The summed E-state index contributed by atoms with van der Waals surface area (Å²) in [6.45, 7) is 15.2. The van der Waals surface area contributed by atoms with Crippen LogP contribution in [0.15, 0.2) is 122 Å². The third-order valence-corrected chi connectivity index (χ3v) is 7.59. The van der Waals surface area contributed by atoms with Crippen LogP contribution in [0.2, 0.25) is 0 Å². The van der Waals surface area contributed by atoms with E-state index in [1.807, 2.05) is 100 Å². The molecule has 9 heteroatoms. The molecule has 0 fully saturated rings. The second-order valence-corrected chi connectivity index (χ2v) is 10.3. The maximum Gasteiger partial charge on any atom is 1.00 e. The molecule has 2 unspecified atom stereocenters. The molecule has 6 rings (SSSR count). The van der Waals surface area contributed by atoms with Crippen molar-refractivity contribution in [1.29, 1.82) is 0 Å². The van der Waals surface area contributed by atoms with Crippen molar-refractivity contribution in [3.63, 3.8) is 0 Å². The smallest absolute Gasteiger partial charge is 1.00 e. The Bertz CT molecular complexity index is 1600. The van der Waals surface area contributed by atoms with Gasteiger partial charge in [-0.1, -0.05) is 124 Å². The number of allylic oxidation sites excluding steroid dienone is 2. The molecule has 0 spiro atoms. The zero-order chi connectivity index (χ0) is 34.8. The van der Waals surface area contributed by atoms with E-state index in [4.69, 9.17) is 18.9 Å². The van der Waals surface area contributed by atoms with E-state index >= 15 is 0 Å². The molecule has 2 aliphatic heterocycles. The first-order valence-electron chi connectivity index (χ1n) is 15.6. The van der Waals surface area contributed by atoms with Crippen LogP contribution in [0, 0.1) is 7.43 Å². The van der Waals surface area contributed by atoms with Crippen LogP contribution in [-0.4, -0.2) is 31.5 Å². The van der Waals surface area contributed by atoms with E-state index in [1.165, 1.54) is 0 Å². The van der Waals surface area contributed by atoms with Crippen molar-refractivity contribution in [1.82, 2.24) is 0 Å². The summed E-state index contributed by atoms with van der Waals surface area (Å²) in [5, 5.41) is 0.896. The van der Waals surface area contributed by atoms with E-state index < -0.39 is 5.41 Å². The first-order chi connectivity index (χ1) is 22.9. The van der Waals surface area contributed by atoms with Crippen LogP contribution >= 0.6 is 15.9 Å². The second kappa shape index (κ2) is 27.2. The minimum absolute atomic E-state index is 0. The zero-order valence-electron chi connectivity index (χ0n) is 30.5. The number of hydrogen-bond acceptors (Lipinski definition) is 6. The molecule has 0 N–H and O–H groups in total. The maximum absolute atomic E-state index is 12.6. The molecule has 4 aromatic rings. The normalized spacial score (nSPS) is 14.9. The van der Waals surface area contributed by atoms with Gasteiger partial charge in [0.15, 0.2) is 0 Å². The number of benzene rings is 4. The number of carbonyl (C=O) groups excluding carboxylic acids is 2. The fraction of sp³-hybridized carbons (Fsp3) is 0.262. The van der Waals surface area contributed by atoms with E-state index in [-0.39, 0.29) is 68.6 Å². The molecule has 2 heterocycles. The Kier molecular flexibility index (Phi) is 27.6. The Hall–Kier alpha value is -3.54. The van der Waals surface area contributed by atoms with Crippen LogP contribution in [0.5, 0.6) is 23.0 Å². The van der Waals surface area contributed by atoms with Gasteiger partial charge in [0.2, 0.25) is 0 Å². The van der Waals surface area contributed by atoms with Gasteiger partial charge in [-0.05, 0) is 53.9 Å². The third-order valence-electron chi connectivity index (χ3n) is 7.13. The van der Waals surface area contributed by atoms with Crippen LogP contribution in [0.25, 0.3) is 0 Å². The molecule has 0 aromatic heterocycles. The summed E-state index contributed by atoms with van der Waals surface area (Å²) in [4.78, 5) is 24.6. The Balaban J connectivity index is -0.000000709. The Labute approximate surface area is 337 Å². The molecule has 0 bridgehead atoms. The number of esters is 2. The van der Waals surface area contributed by atoms with Crippen molar-refractivity contribution in [3.8, 4) is 23.0 Å². The summed E-state index contributed by atoms with van der Waals surface area (Å²) in [7, 11) is 3.22. The number of hydrogen-bond donors (Lipinski definition) is 0. The van der Waals surface area contributed by atoms with E-state index in [2.05, 4.69) is 29.1 Å². The molecule has 51 heavy (non-hydrogen) atoms. The molecule has 0 saturated carbocycles. The summed E-state index contributed by atoms with van der Waals surface area (Å²) < 4.78 is 21.2. The first-order valence-corrected chi connectivity index (χ1v) is 16.7. The van der Waals surface area contributed by atoms with Crippen molar-refractivity contribution >= 4 is 27.9 Å². The molecule has 4 aromatic carbocycles. The predicted molar refractivity (Wildman–Crippen MR) is 207 cm³/mol. The topological polar surface area (TPSA) is 71.1 Å². The molecule has 272 valence electrons. The van der Waals surface area contributed by atoms with Gasteiger partial charge in [0.25, 0.3) is 0 Å². The quantitative estimate of drug-likeness (QED) is 0.0659. The van der Waals surface area contributed by atoms with Gasteiger partial charge in [-0.2, -0.15) is 0 Å². The van der Waals surface area contributed by atoms with Crippen molar-refractivity contribution in [3.05, 3.63) is 152 Å². The van der Waals surface area contributed by atoms with Gasteiger partial charge in [-0.25, -0.2) is 0 Å². The van der Waals surface area contributed by atoms with Gasteiger partial charge >= 0.3 is 30.8 Å². The molecular formula is C42H52Br2LiO6-. The number of rotatable bonds is 7. The van der Waals surface area contributed by atoms with Crippen LogP contribution < -0.4 is 54.8 Å². The summed E-state index contributed by atoms with van der Waals surface area (Å²) in [5.74, 6) is 1.79. The largest absolute Gasteiger partial charge is 1.00 e. The summed E-state index contributed by atoms with van der Waals surface area (Å²) in [6.07, 6.45) is 4.03. The summed E-state index contributed by atoms with van der Waals surface area (Å²) in [6, 6.07) is 30.1. The molecule has 6 nitrogen and oxygen atoms in total. The number of methoxy groups -OCH3 is 2. The molecule has 2 aliphatic rings. The van der Waals surface area contributed by atoms with Crippen LogP contribution in [0.4, 0.5) is 0 Å². The van der Waals surface area contributed by atoms with Crippen molar-refractivity contribution in [2.45, 2.75) is 52.9 Å². The first kappa shape index (κ1) is 51.8. The van der Waals surface area contributed by atoms with Gasteiger partial charge in [-0.15, -0.1) is 13.2 Å². The second-order valence-electron chi connectivity index (χ2n) is 9.63. The van der Waals surface area contributed by atoms with Gasteiger partial charge in [0, 0.05) is 16.5 Å². The third kappa shape index (κ3) is 12.6. The molecule has 0 radical (unpaired) electrons. The number of ether oxygens (including phenoxy) is 4. The summed E-state index contributed by atoms with van der Waals surface area (Å²) >= 11 is 3.13. The maximum atomic E-state index is 12.6. The van der Waals surface area contributed by atoms with E-state index in [9.17, 15) is 9.59 Å². The number of halogens is 2. The SMILES string of the molecule is C.C=CCBr.C=CCC1(c2ccccc2)C(=O)Oc2ccc(OC)cc21.CC.CC.COc1ccc2c(c1)C(c1ccccc1)C(=O)O2.[Br-].[CH3-].[Li+]. The van der Waals surface area contributed by atoms with E-state index in [0.29, 0.717) is 23.7 Å². The molecule has 0 amide bonds. The minimum Gasteiger partial charge on any atom is -1.00 e. The number of fused-ring (bicyclic) bond motifs is 2. The van der Waals surface area contributed by atoms with E-state index in [1.54, 1.807) is 50.6 Å². The van der Waals surface area contributed by atoms with Gasteiger partial charge in [-0.3, -0.25) is 9.59 Å². The Morgan fingerprint density at radius 1 is 0.765 bits per heavy atom. The van der Waals surface area contributed by atoms with Crippen molar-refractivity contribution < 1.29 is 64.4 Å². The molecule has 2 atom stereocenters. The number of carbonyl (C=O) groups is 2. The van der Waals surface area contributed by atoms with Gasteiger partial charge in [0.1, 0.15) is 34.3 Å².